The Kier molecular flexibility index (Phi) is 4.76. The SMILES string of the molecule is O=c1[nH]c(=O)n(Cc2ccc(-c3noc(-c4ccc([N+](=O)[O-])cc4)n3)cc2)cc1F. The standard InChI is InChI=1S/C19H12FN5O5/c20-15-10-24(19(27)22-17(15)26)9-11-1-3-12(4-2-11)16-21-18(30-23-16)13-5-7-14(8-6-13)25(28)29/h1-8,10H,9H2,(H,22,26,27). The summed E-state index contributed by atoms with van der Waals surface area (Å²) in [5.74, 6) is -0.529. The number of aromatic nitrogens is 4. The van der Waals surface area contributed by atoms with Gasteiger partial charge < -0.3 is 4.52 Å². The van der Waals surface area contributed by atoms with Crippen molar-refractivity contribution in [2.45, 2.75) is 6.54 Å². The fraction of sp³-hybridized carbons (Fsp3) is 0.0526. The van der Waals surface area contributed by atoms with E-state index in [9.17, 15) is 24.1 Å². The van der Waals surface area contributed by atoms with Gasteiger partial charge in [-0.05, 0) is 17.7 Å². The molecule has 1 N–H and O–H groups in total. The topological polar surface area (TPSA) is 137 Å². The number of nitrogens with zero attached hydrogens (tertiary/aromatic N) is 4. The minimum Gasteiger partial charge on any atom is -0.334 e. The quantitative estimate of drug-likeness (QED) is 0.394. The molecule has 0 aliphatic carbocycles. The minimum atomic E-state index is -1.06. The number of nitro groups is 1. The van der Waals surface area contributed by atoms with E-state index in [1.807, 2.05) is 4.98 Å². The van der Waals surface area contributed by atoms with Crippen molar-refractivity contribution in [2.24, 2.45) is 0 Å². The van der Waals surface area contributed by atoms with E-state index >= 15 is 0 Å². The molecule has 0 aliphatic heterocycles. The van der Waals surface area contributed by atoms with Gasteiger partial charge in [0, 0.05) is 23.3 Å². The molecule has 150 valence electrons. The minimum absolute atomic E-state index is 0.0458. The average molecular weight is 409 g/mol. The van der Waals surface area contributed by atoms with E-state index in [-0.39, 0.29) is 18.1 Å². The maximum atomic E-state index is 13.4. The Morgan fingerprint density at radius 1 is 1.07 bits per heavy atom. The molecular weight excluding hydrogens is 397 g/mol. The van der Waals surface area contributed by atoms with Gasteiger partial charge in [-0.25, -0.2) is 4.79 Å². The number of hydrogen-bond acceptors (Lipinski definition) is 7. The summed E-state index contributed by atoms with van der Waals surface area (Å²) in [5, 5.41) is 14.6. The second kappa shape index (κ2) is 7.54. The lowest BCUT2D eigenvalue weighted by molar-refractivity contribution is -0.384. The lowest BCUT2D eigenvalue weighted by atomic mass is 10.1. The van der Waals surface area contributed by atoms with E-state index in [4.69, 9.17) is 4.52 Å². The third-order valence-electron chi connectivity index (χ3n) is 4.28. The molecule has 4 aromatic rings. The Morgan fingerprint density at radius 3 is 2.40 bits per heavy atom. The highest BCUT2D eigenvalue weighted by Gasteiger charge is 2.13. The second-order valence-corrected chi connectivity index (χ2v) is 6.29. The fourth-order valence-corrected chi connectivity index (χ4v) is 2.74. The molecule has 0 saturated carbocycles. The Labute approximate surface area is 166 Å². The molecule has 2 aromatic carbocycles. The summed E-state index contributed by atoms with van der Waals surface area (Å²) in [6.45, 7) is 0.0626. The Hall–Kier alpha value is -4.41. The van der Waals surface area contributed by atoms with Gasteiger partial charge >= 0.3 is 5.69 Å². The normalized spacial score (nSPS) is 10.8. The highest BCUT2D eigenvalue weighted by Crippen LogP contribution is 2.24. The zero-order valence-electron chi connectivity index (χ0n) is 15.1. The lowest BCUT2D eigenvalue weighted by Crippen LogP contribution is -2.31. The highest BCUT2D eigenvalue weighted by atomic mass is 19.1. The first-order chi connectivity index (χ1) is 14.4. The first-order valence-corrected chi connectivity index (χ1v) is 8.58. The van der Waals surface area contributed by atoms with Crippen LogP contribution < -0.4 is 11.2 Å². The maximum absolute atomic E-state index is 13.4. The molecule has 0 unspecified atom stereocenters. The van der Waals surface area contributed by atoms with Gasteiger partial charge in [0.1, 0.15) is 0 Å². The van der Waals surface area contributed by atoms with Gasteiger partial charge in [-0.1, -0.05) is 29.4 Å². The predicted octanol–water partition coefficient (Wildman–Crippen LogP) is 2.35. The van der Waals surface area contributed by atoms with E-state index < -0.39 is 22.0 Å². The van der Waals surface area contributed by atoms with E-state index in [1.165, 1.54) is 24.3 Å². The third-order valence-corrected chi connectivity index (χ3v) is 4.28. The van der Waals surface area contributed by atoms with Crippen molar-refractivity contribution in [1.82, 2.24) is 19.7 Å². The van der Waals surface area contributed by atoms with E-state index in [0.717, 1.165) is 10.8 Å². The number of hydrogen-bond donors (Lipinski definition) is 1. The van der Waals surface area contributed by atoms with Gasteiger partial charge in [0.05, 0.1) is 17.7 Å². The monoisotopic (exact) mass is 409 g/mol. The number of aromatic amines is 1. The molecule has 0 aliphatic rings. The second-order valence-electron chi connectivity index (χ2n) is 6.29. The van der Waals surface area contributed by atoms with Gasteiger partial charge in [0.25, 0.3) is 17.1 Å². The maximum Gasteiger partial charge on any atom is 0.328 e. The van der Waals surface area contributed by atoms with Gasteiger partial charge in [0.15, 0.2) is 0 Å². The number of non-ortho nitro benzene ring substituents is 1. The van der Waals surface area contributed by atoms with Crippen LogP contribution in [0.4, 0.5) is 10.1 Å². The summed E-state index contributed by atoms with van der Waals surface area (Å²) < 4.78 is 19.7. The van der Waals surface area contributed by atoms with Crippen LogP contribution in [-0.2, 0) is 6.54 Å². The Balaban J connectivity index is 1.54. The number of nitro benzene ring substituents is 1. The fourth-order valence-electron chi connectivity index (χ4n) is 2.74. The Bertz CT molecular complexity index is 1340. The van der Waals surface area contributed by atoms with Crippen molar-refractivity contribution < 1.29 is 13.8 Å². The predicted molar refractivity (Wildman–Crippen MR) is 102 cm³/mol. The van der Waals surface area contributed by atoms with E-state index in [2.05, 4.69) is 10.1 Å². The largest absolute Gasteiger partial charge is 0.334 e. The molecule has 0 spiro atoms. The van der Waals surface area contributed by atoms with Crippen molar-refractivity contribution in [3.8, 4) is 22.8 Å². The third kappa shape index (κ3) is 3.76. The smallest absolute Gasteiger partial charge is 0.328 e. The molecule has 2 heterocycles. The van der Waals surface area contributed by atoms with Gasteiger partial charge in [-0.2, -0.15) is 9.37 Å². The lowest BCUT2D eigenvalue weighted by Gasteiger charge is -2.05. The van der Waals surface area contributed by atoms with Crippen LogP contribution in [0.1, 0.15) is 5.56 Å². The first kappa shape index (κ1) is 18.9. The summed E-state index contributed by atoms with van der Waals surface area (Å²) in [7, 11) is 0. The van der Waals surface area contributed by atoms with Crippen LogP contribution in [-0.4, -0.2) is 24.6 Å². The molecule has 30 heavy (non-hydrogen) atoms. The zero-order valence-corrected chi connectivity index (χ0v) is 15.1. The molecule has 2 aromatic heterocycles. The van der Waals surface area contributed by atoms with Crippen molar-refractivity contribution >= 4 is 5.69 Å². The highest BCUT2D eigenvalue weighted by molar-refractivity contribution is 5.61. The summed E-state index contributed by atoms with van der Waals surface area (Å²) in [5.41, 5.74) is 0.0388. The molecule has 0 atom stereocenters. The van der Waals surface area contributed by atoms with Crippen LogP contribution in [0.15, 0.2) is 68.8 Å². The molecule has 0 radical (unpaired) electrons. The summed E-state index contributed by atoms with van der Waals surface area (Å²) in [4.78, 5) is 39.3. The van der Waals surface area contributed by atoms with Crippen LogP contribution in [0.3, 0.4) is 0 Å². The van der Waals surface area contributed by atoms with Crippen LogP contribution in [0.5, 0.6) is 0 Å². The van der Waals surface area contributed by atoms with E-state index in [0.29, 0.717) is 22.5 Å². The van der Waals surface area contributed by atoms with Crippen molar-refractivity contribution in [3.05, 3.63) is 97.1 Å². The molecular formula is C19H12FN5O5. The molecule has 4 rings (SSSR count). The number of halogens is 1. The first-order valence-electron chi connectivity index (χ1n) is 8.58. The molecule has 0 fully saturated rings. The number of benzene rings is 2. The Morgan fingerprint density at radius 2 is 1.73 bits per heavy atom. The van der Waals surface area contributed by atoms with E-state index in [1.54, 1.807) is 24.3 Å². The van der Waals surface area contributed by atoms with Crippen LogP contribution in [0.2, 0.25) is 0 Å². The van der Waals surface area contributed by atoms with Crippen molar-refractivity contribution in [1.29, 1.82) is 0 Å². The number of rotatable bonds is 5. The van der Waals surface area contributed by atoms with Crippen LogP contribution in [0, 0.1) is 15.9 Å². The molecule has 0 bridgehead atoms. The van der Waals surface area contributed by atoms with Crippen LogP contribution in [0.25, 0.3) is 22.8 Å². The van der Waals surface area contributed by atoms with Crippen LogP contribution >= 0.6 is 0 Å². The summed E-state index contributed by atoms with van der Waals surface area (Å²) in [6.07, 6.45) is 0.852. The molecule has 10 nitrogen and oxygen atoms in total. The molecule has 0 saturated heterocycles. The van der Waals surface area contributed by atoms with Crippen molar-refractivity contribution in [2.75, 3.05) is 0 Å². The van der Waals surface area contributed by atoms with Gasteiger partial charge in [0.2, 0.25) is 11.6 Å². The van der Waals surface area contributed by atoms with Crippen molar-refractivity contribution in [3.63, 3.8) is 0 Å². The zero-order chi connectivity index (χ0) is 21.3. The molecule has 11 heteroatoms. The summed E-state index contributed by atoms with van der Waals surface area (Å²) in [6, 6.07) is 12.5. The van der Waals surface area contributed by atoms with Gasteiger partial charge in [-0.3, -0.25) is 24.5 Å². The molecule has 0 amide bonds. The number of nitrogens with one attached hydrogen (secondary N) is 1. The van der Waals surface area contributed by atoms with Gasteiger partial charge in [-0.15, -0.1) is 0 Å². The number of H-pyrrole nitrogens is 1. The summed E-state index contributed by atoms with van der Waals surface area (Å²) >= 11 is 0. The average Bonchev–Trinajstić information content (AvgIpc) is 3.23.